The molecule has 0 fully saturated rings. The molecule has 0 aliphatic rings. The molecule has 0 spiro atoms. The second kappa shape index (κ2) is 8.05. The van der Waals surface area contributed by atoms with Gasteiger partial charge in [-0.05, 0) is 36.8 Å². The molecule has 0 aromatic heterocycles. The zero-order valence-corrected chi connectivity index (χ0v) is 15.6. The summed E-state index contributed by atoms with van der Waals surface area (Å²) in [6.07, 6.45) is 0.180. The molecule has 0 heterocycles. The standard InChI is InChI=1S/C21H19NO4S/c1-16-11-13-18(14-12-16)27(24,25)26-20-10-6-5-9-19(20)22-21(23)15-17-7-3-2-4-8-17/h2-14H,15H2,1H3,(H,22,23). The van der Waals surface area contributed by atoms with Gasteiger partial charge in [-0.2, -0.15) is 8.42 Å². The summed E-state index contributed by atoms with van der Waals surface area (Å²) in [5, 5.41) is 2.71. The van der Waals surface area contributed by atoms with Crippen LogP contribution in [-0.4, -0.2) is 14.3 Å². The molecule has 27 heavy (non-hydrogen) atoms. The van der Waals surface area contributed by atoms with Crippen LogP contribution < -0.4 is 9.50 Å². The van der Waals surface area contributed by atoms with Gasteiger partial charge in [0.05, 0.1) is 12.1 Å². The van der Waals surface area contributed by atoms with E-state index in [2.05, 4.69) is 5.32 Å². The van der Waals surface area contributed by atoms with Gasteiger partial charge in [-0.15, -0.1) is 0 Å². The zero-order valence-electron chi connectivity index (χ0n) is 14.8. The van der Waals surface area contributed by atoms with Gasteiger partial charge in [0.25, 0.3) is 0 Å². The number of amides is 1. The van der Waals surface area contributed by atoms with Crippen molar-refractivity contribution < 1.29 is 17.4 Å². The molecule has 1 N–H and O–H groups in total. The monoisotopic (exact) mass is 381 g/mol. The van der Waals surface area contributed by atoms with Gasteiger partial charge < -0.3 is 9.50 Å². The topological polar surface area (TPSA) is 72.5 Å². The van der Waals surface area contributed by atoms with Crippen molar-refractivity contribution in [2.24, 2.45) is 0 Å². The second-order valence-electron chi connectivity index (χ2n) is 6.06. The number of para-hydroxylation sites is 2. The molecule has 5 nitrogen and oxygen atoms in total. The number of aryl methyl sites for hydroxylation is 1. The third-order valence-corrected chi connectivity index (χ3v) is 5.13. The Balaban J connectivity index is 1.77. The van der Waals surface area contributed by atoms with E-state index in [9.17, 15) is 13.2 Å². The highest BCUT2D eigenvalue weighted by molar-refractivity contribution is 7.87. The van der Waals surface area contributed by atoms with Crippen LogP contribution in [0.1, 0.15) is 11.1 Å². The molecule has 1 amide bonds. The fourth-order valence-electron chi connectivity index (χ4n) is 2.49. The summed E-state index contributed by atoms with van der Waals surface area (Å²) in [6, 6.07) is 22.1. The molecule has 3 rings (SSSR count). The Hall–Kier alpha value is -3.12. The minimum atomic E-state index is -4.00. The van der Waals surface area contributed by atoms with E-state index in [0.717, 1.165) is 11.1 Å². The molecular formula is C21H19NO4S. The van der Waals surface area contributed by atoms with Gasteiger partial charge in [0.2, 0.25) is 5.91 Å². The summed E-state index contributed by atoms with van der Waals surface area (Å²) < 4.78 is 30.3. The summed E-state index contributed by atoms with van der Waals surface area (Å²) in [7, 11) is -4.00. The van der Waals surface area contributed by atoms with Crippen molar-refractivity contribution in [2.45, 2.75) is 18.2 Å². The van der Waals surface area contributed by atoms with Crippen molar-refractivity contribution in [3.05, 3.63) is 90.0 Å². The third-order valence-electron chi connectivity index (χ3n) is 3.88. The predicted molar refractivity (Wildman–Crippen MR) is 104 cm³/mol. The van der Waals surface area contributed by atoms with Crippen LogP contribution in [0.25, 0.3) is 0 Å². The molecule has 6 heteroatoms. The summed E-state index contributed by atoms with van der Waals surface area (Å²) >= 11 is 0. The average molecular weight is 381 g/mol. The van der Waals surface area contributed by atoms with Gasteiger partial charge >= 0.3 is 10.1 Å². The lowest BCUT2D eigenvalue weighted by Gasteiger charge is -2.12. The van der Waals surface area contributed by atoms with Crippen molar-refractivity contribution in [3.8, 4) is 5.75 Å². The first-order valence-electron chi connectivity index (χ1n) is 8.38. The van der Waals surface area contributed by atoms with Crippen molar-refractivity contribution >= 4 is 21.7 Å². The largest absolute Gasteiger partial charge is 0.377 e. The maximum Gasteiger partial charge on any atom is 0.339 e. The molecule has 3 aromatic carbocycles. The fraction of sp³-hybridized carbons (Fsp3) is 0.0952. The van der Waals surface area contributed by atoms with E-state index in [-0.39, 0.29) is 23.0 Å². The minimum absolute atomic E-state index is 0.0542. The number of benzene rings is 3. The molecule has 0 unspecified atom stereocenters. The SMILES string of the molecule is Cc1ccc(S(=O)(=O)Oc2ccccc2NC(=O)Cc2ccccc2)cc1. The van der Waals surface area contributed by atoms with E-state index in [1.165, 1.54) is 18.2 Å². The van der Waals surface area contributed by atoms with Crippen molar-refractivity contribution in [1.29, 1.82) is 0 Å². The van der Waals surface area contributed by atoms with E-state index in [0.29, 0.717) is 5.69 Å². The van der Waals surface area contributed by atoms with Crippen molar-refractivity contribution in [3.63, 3.8) is 0 Å². The normalized spacial score (nSPS) is 11.0. The van der Waals surface area contributed by atoms with E-state index < -0.39 is 10.1 Å². The van der Waals surface area contributed by atoms with E-state index in [4.69, 9.17) is 4.18 Å². The molecule has 0 aliphatic carbocycles. The number of carbonyl (C=O) groups excluding carboxylic acids is 1. The number of hydrogen-bond acceptors (Lipinski definition) is 4. The average Bonchev–Trinajstić information content (AvgIpc) is 2.64. The zero-order chi connectivity index (χ0) is 19.3. The molecule has 0 saturated carbocycles. The number of hydrogen-bond donors (Lipinski definition) is 1. The first-order chi connectivity index (χ1) is 12.9. The molecule has 138 valence electrons. The number of carbonyl (C=O) groups is 1. The van der Waals surface area contributed by atoms with Gasteiger partial charge in [0, 0.05) is 0 Å². The van der Waals surface area contributed by atoms with E-state index in [1.54, 1.807) is 30.3 Å². The van der Waals surface area contributed by atoms with Crippen LogP contribution in [0.5, 0.6) is 5.75 Å². The van der Waals surface area contributed by atoms with Gasteiger partial charge in [-0.3, -0.25) is 4.79 Å². The Bertz CT molecular complexity index is 1030. The molecule has 3 aromatic rings. The lowest BCUT2D eigenvalue weighted by atomic mass is 10.1. The Labute approximate surface area is 158 Å². The Morgan fingerprint density at radius 2 is 1.52 bits per heavy atom. The highest BCUT2D eigenvalue weighted by Crippen LogP contribution is 2.27. The first kappa shape index (κ1) is 18.7. The van der Waals surface area contributed by atoms with Crippen molar-refractivity contribution in [1.82, 2.24) is 0 Å². The second-order valence-corrected chi connectivity index (χ2v) is 7.60. The fourth-order valence-corrected chi connectivity index (χ4v) is 3.44. The molecule has 0 aliphatic heterocycles. The highest BCUT2D eigenvalue weighted by Gasteiger charge is 2.19. The van der Waals surface area contributed by atoms with Crippen LogP contribution >= 0.6 is 0 Å². The smallest absolute Gasteiger partial charge is 0.339 e. The van der Waals surface area contributed by atoms with Crippen LogP contribution in [0.4, 0.5) is 5.69 Å². The van der Waals surface area contributed by atoms with E-state index >= 15 is 0 Å². The van der Waals surface area contributed by atoms with Crippen LogP contribution in [0.3, 0.4) is 0 Å². The highest BCUT2D eigenvalue weighted by atomic mass is 32.2. The van der Waals surface area contributed by atoms with Crippen LogP contribution in [0.2, 0.25) is 0 Å². The molecular weight excluding hydrogens is 362 g/mol. The lowest BCUT2D eigenvalue weighted by molar-refractivity contribution is -0.115. The quantitative estimate of drug-likeness (QED) is 0.657. The number of rotatable bonds is 6. The Morgan fingerprint density at radius 1 is 0.889 bits per heavy atom. The number of anilines is 1. The minimum Gasteiger partial charge on any atom is -0.377 e. The van der Waals surface area contributed by atoms with Gasteiger partial charge in [-0.1, -0.05) is 60.2 Å². The molecule has 0 atom stereocenters. The van der Waals surface area contributed by atoms with Crippen molar-refractivity contribution in [2.75, 3.05) is 5.32 Å². The summed E-state index contributed by atoms with van der Waals surface area (Å²) in [5.41, 5.74) is 2.11. The maximum absolute atomic E-state index is 12.5. The number of nitrogens with one attached hydrogen (secondary N) is 1. The predicted octanol–water partition coefficient (Wildman–Crippen LogP) is 3.94. The molecule has 0 bridgehead atoms. The van der Waals surface area contributed by atoms with Gasteiger partial charge in [-0.25, -0.2) is 0 Å². The summed E-state index contributed by atoms with van der Waals surface area (Å²) in [5.74, 6) is -0.190. The first-order valence-corrected chi connectivity index (χ1v) is 9.79. The summed E-state index contributed by atoms with van der Waals surface area (Å²) in [4.78, 5) is 12.3. The molecule has 0 radical (unpaired) electrons. The molecule has 0 saturated heterocycles. The van der Waals surface area contributed by atoms with Crippen LogP contribution in [0, 0.1) is 6.92 Å². The Morgan fingerprint density at radius 3 is 2.22 bits per heavy atom. The summed E-state index contributed by atoms with van der Waals surface area (Å²) in [6.45, 7) is 1.87. The van der Waals surface area contributed by atoms with Crippen LogP contribution in [-0.2, 0) is 21.3 Å². The van der Waals surface area contributed by atoms with Crippen LogP contribution in [0.15, 0.2) is 83.8 Å². The lowest BCUT2D eigenvalue weighted by Crippen LogP contribution is -2.16. The van der Waals surface area contributed by atoms with Gasteiger partial charge in [0.15, 0.2) is 5.75 Å². The van der Waals surface area contributed by atoms with Gasteiger partial charge in [0.1, 0.15) is 4.90 Å². The maximum atomic E-state index is 12.5. The van der Waals surface area contributed by atoms with E-state index in [1.807, 2.05) is 37.3 Å². The third kappa shape index (κ3) is 4.95. The Kier molecular flexibility index (Phi) is 5.57.